The zero-order valence-electron chi connectivity index (χ0n) is 13.2. The molecule has 2 rings (SSSR count). The number of hydrogen-bond acceptors (Lipinski definition) is 3. The lowest BCUT2D eigenvalue weighted by molar-refractivity contribution is -0.0409. The Morgan fingerprint density at radius 3 is 2.36 bits per heavy atom. The van der Waals surface area contributed by atoms with Crippen molar-refractivity contribution < 1.29 is 9.84 Å². The third kappa shape index (κ3) is 4.72. The molecule has 0 aliphatic carbocycles. The quantitative estimate of drug-likeness (QED) is 0.886. The van der Waals surface area contributed by atoms with Gasteiger partial charge in [-0.1, -0.05) is 38.4 Å². The van der Waals surface area contributed by atoms with E-state index in [-0.39, 0.29) is 12.0 Å². The molecule has 118 valence electrons. The molecule has 4 heteroatoms. The lowest BCUT2D eigenvalue weighted by Gasteiger charge is -2.34. The molecule has 22 heavy (non-hydrogen) atoms. The van der Waals surface area contributed by atoms with Crippen LogP contribution in [0.15, 0.2) is 48.8 Å². The zero-order valence-corrected chi connectivity index (χ0v) is 14.0. The van der Waals surface area contributed by atoms with Crippen LogP contribution in [-0.4, -0.2) is 16.7 Å². The molecule has 1 aromatic carbocycles. The Hall–Kier alpha value is -1.58. The smallest absolute Gasteiger partial charge is 0.125 e. The molecule has 1 heterocycles. The van der Waals surface area contributed by atoms with Gasteiger partial charge >= 0.3 is 0 Å². The molecule has 1 atom stereocenters. The number of halogens is 1. The van der Waals surface area contributed by atoms with Crippen LogP contribution in [-0.2, 0) is 5.60 Å². The van der Waals surface area contributed by atoms with Gasteiger partial charge in [0, 0.05) is 23.0 Å². The molecule has 2 aromatic rings. The van der Waals surface area contributed by atoms with Gasteiger partial charge in [0.1, 0.15) is 18.0 Å². The molecule has 0 fully saturated rings. The van der Waals surface area contributed by atoms with E-state index < -0.39 is 5.60 Å². The van der Waals surface area contributed by atoms with Gasteiger partial charge in [-0.05, 0) is 42.2 Å². The highest BCUT2D eigenvalue weighted by Crippen LogP contribution is 2.35. The molecule has 0 saturated heterocycles. The van der Waals surface area contributed by atoms with E-state index in [0.717, 1.165) is 5.56 Å². The second-order valence-electron chi connectivity index (χ2n) is 6.75. The van der Waals surface area contributed by atoms with Gasteiger partial charge in [-0.15, -0.1) is 0 Å². The molecule has 1 N–H and O–H groups in total. The summed E-state index contributed by atoms with van der Waals surface area (Å²) in [4.78, 5) is 4.11. The highest BCUT2D eigenvalue weighted by atomic mass is 35.5. The van der Waals surface area contributed by atoms with Crippen LogP contribution in [0.4, 0.5) is 0 Å². The Morgan fingerprint density at radius 1 is 1.14 bits per heavy atom. The van der Waals surface area contributed by atoms with Gasteiger partial charge in [0.25, 0.3) is 0 Å². The third-order valence-electron chi connectivity index (χ3n) is 3.31. The van der Waals surface area contributed by atoms with E-state index in [1.165, 1.54) is 0 Å². The first kappa shape index (κ1) is 16.8. The summed E-state index contributed by atoms with van der Waals surface area (Å²) in [7, 11) is 0. The van der Waals surface area contributed by atoms with Crippen LogP contribution in [0.3, 0.4) is 0 Å². The van der Waals surface area contributed by atoms with Crippen LogP contribution < -0.4 is 4.74 Å². The average Bonchev–Trinajstić information content (AvgIpc) is 2.46. The average molecular weight is 320 g/mol. The third-order valence-corrected chi connectivity index (χ3v) is 3.56. The van der Waals surface area contributed by atoms with Crippen LogP contribution in [0.1, 0.15) is 32.8 Å². The topological polar surface area (TPSA) is 42.4 Å². The van der Waals surface area contributed by atoms with Gasteiger partial charge < -0.3 is 9.84 Å². The minimum Gasteiger partial charge on any atom is -0.490 e. The summed E-state index contributed by atoms with van der Waals surface area (Å²) in [6.07, 6.45) is 3.96. The van der Waals surface area contributed by atoms with E-state index in [2.05, 4.69) is 25.8 Å². The number of aliphatic hydroxyl groups is 1. The van der Waals surface area contributed by atoms with E-state index in [1.807, 2.05) is 12.1 Å². The molecule has 0 bridgehead atoms. The fourth-order valence-corrected chi connectivity index (χ4v) is 2.61. The van der Waals surface area contributed by atoms with Gasteiger partial charge in [0.15, 0.2) is 0 Å². The SMILES string of the molecule is CC(C)(C)C[C@](O)(COc1ccc(Cl)cc1)c1cccnc1. The minimum absolute atomic E-state index is 0.0477. The Bertz CT molecular complexity index is 593. The Kier molecular flexibility index (Phi) is 5.09. The fourth-order valence-electron chi connectivity index (χ4n) is 2.49. The van der Waals surface area contributed by atoms with Crippen LogP contribution in [0.2, 0.25) is 5.02 Å². The first-order valence-electron chi connectivity index (χ1n) is 7.30. The number of aromatic nitrogens is 1. The predicted molar refractivity (Wildman–Crippen MR) is 89.2 cm³/mol. The van der Waals surface area contributed by atoms with Crippen molar-refractivity contribution in [2.24, 2.45) is 5.41 Å². The standard InChI is InChI=1S/C18H22ClNO2/c1-17(2,3)12-18(21,14-5-4-10-20-11-14)13-22-16-8-6-15(19)7-9-16/h4-11,21H,12-13H2,1-3H3/t18-/m0/s1. The zero-order chi connectivity index (χ0) is 16.2. The number of nitrogens with zero attached hydrogens (tertiary/aromatic N) is 1. The molecule has 0 saturated carbocycles. The summed E-state index contributed by atoms with van der Waals surface area (Å²) in [6, 6.07) is 10.8. The van der Waals surface area contributed by atoms with E-state index in [0.29, 0.717) is 17.2 Å². The summed E-state index contributed by atoms with van der Waals surface area (Å²) in [5, 5.41) is 11.8. The normalized spacial score (nSPS) is 14.4. The monoisotopic (exact) mass is 319 g/mol. The molecule has 0 spiro atoms. The molecule has 0 aliphatic heterocycles. The van der Waals surface area contributed by atoms with Crippen molar-refractivity contribution in [3.05, 3.63) is 59.4 Å². The number of pyridine rings is 1. The van der Waals surface area contributed by atoms with Crippen LogP contribution in [0, 0.1) is 5.41 Å². The van der Waals surface area contributed by atoms with Crippen molar-refractivity contribution in [3.8, 4) is 5.75 Å². The van der Waals surface area contributed by atoms with E-state index in [9.17, 15) is 5.11 Å². The molecule has 0 amide bonds. The van der Waals surface area contributed by atoms with Crippen molar-refractivity contribution in [2.75, 3.05) is 6.61 Å². The molecular formula is C18H22ClNO2. The number of benzene rings is 1. The Labute approximate surface area is 136 Å². The van der Waals surface area contributed by atoms with E-state index in [4.69, 9.17) is 16.3 Å². The molecule has 0 unspecified atom stereocenters. The lowest BCUT2D eigenvalue weighted by Crippen LogP contribution is -2.37. The maximum Gasteiger partial charge on any atom is 0.125 e. The largest absolute Gasteiger partial charge is 0.490 e. The molecule has 3 nitrogen and oxygen atoms in total. The van der Waals surface area contributed by atoms with Gasteiger partial charge in [-0.2, -0.15) is 0 Å². The van der Waals surface area contributed by atoms with Gasteiger partial charge in [0.05, 0.1) is 0 Å². The van der Waals surface area contributed by atoms with Gasteiger partial charge in [-0.25, -0.2) is 0 Å². The first-order chi connectivity index (χ1) is 10.3. The van der Waals surface area contributed by atoms with Gasteiger partial charge in [-0.3, -0.25) is 4.98 Å². The summed E-state index contributed by atoms with van der Waals surface area (Å²) in [5.41, 5.74) is -0.376. The summed E-state index contributed by atoms with van der Waals surface area (Å²) < 4.78 is 5.79. The summed E-state index contributed by atoms with van der Waals surface area (Å²) in [6.45, 7) is 6.45. The van der Waals surface area contributed by atoms with E-state index in [1.54, 1.807) is 36.7 Å². The number of hydrogen-bond donors (Lipinski definition) is 1. The van der Waals surface area contributed by atoms with Crippen LogP contribution >= 0.6 is 11.6 Å². The minimum atomic E-state index is -1.09. The maximum absolute atomic E-state index is 11.1. The molecule has 1 aromatic heterocycles. The second-order valence-corrected chi connectivity index (χ2v) is 7.19. The lowest BCUT2D eigenvalue weighted by atomic mass is 9.79. The fraction of sp³-hybridized carbons (Fsp3) is 0.389. The van der Waals surface area contributed by atoms with Crippen molar-refractivity contribution in [1.29, 1.82) is 0 Å². The van der Waals surface area contributed by atoms with Crippen molar-refractivity contribution in [1.82, 2.24) is 4.98 Å². The molecule has 0 aliphatic rings. The molecular weight excluding hydrogens is 298 g/mol. The number of rotatable bonds is 5. The maximum atomic E-state index is 11.1. The predicted octanol–water partition coefficient (Wildman–Crippen LogP) is 4.44. The highest BCUT2D eigenvalue weighted by molar-refractivity contribution is 6.30. The van der Waals surface area contributed by atoms with Crippen molar-refractivity contribution in [3.63, 3.8) is 0 Å². The highest BCUT2D eigenvalue weighted by Gasteiger charge is 2.35. The summed E-state index contributed by atoms with van der Waals surface area (Å²) >= 11 is 5.87. The molecule has 0 radical (unpaired) electrons. The number of ether oxygens (including phenoxy) is 1. The van der Waals surface area contributed by atoms with Crippen molar-refractivity contribution >= 4 is 11.6 Å². The van der Waals surface area contributed by atoms with Crippen LogP contribution in [0.5, 0.6) is 5.75 Å². The van der Waals surface area contributed by atoms with Gasteiger partial charge in [0.2, 0.25) is 0 Å². The summed E-state index contributed by atoms with van der Waals surface area (Å²) in [5.74, 6) is 0.681. The van der Waals surface area contributed by atoms with E-state index >= 15 is 0 Å². The Morgan fingerprint density at radius 2 is 1.82 bits per heavy atom. The second kappa shape index (κ2) is 6.67. The van der Waals surface area contributed by atoms with Crippen molar-refractivity contribution in [2.45, 2.75) is 32.8 Å². The van der Waals surface area contributed by atoms with Crippen LogP contribution in [0.25, 0.3) is 0 Å². The first-order valence-corrected chi connectivity index (χ1v) is 7.68. The Balaban J connectivity index is 2.19.